The number of carbonyl (C=O) groups is 4. The summed E-state index contributed by atoms with van der Waals surface area (Å²) in [5.74, 6) is -3.36. The molecule has 1 saturated heterocycles. The molecule has 2 heterocycles. The molecule has 17 nitrogen and oxygen atoms in total. The number of hydrogen-bond acceptors (Lipinski definition) is 15. The maximum absolute atomic E-state index is 12.9. The van der Waals surface area contributed by atoms with E-state index in [4.69, 9.17) is 4.74 Å². The van der Waals surface area contributed by atoms with Gasteiger partial charge in [0.25, 0.3) is 0 Å². The van der Waals surface area contributed by atoms with E-state index in [0.29, 0.717) is 44.0 Å². The van der Waals surface area contributed by atoms with Crippen molar-refractivity contribution in [2.24, 2.45) is 0 Å². The molecule has 297 valence electrons. The second kappa shape index (κ2) is 24.5. The smallest absolute Gasteiger partial charge is 0.549 e. The molecule has 0 spiro atoms. The van der Waals surface area contributed by atoms with Gasteiger partial charge in [0.05, 0.1) is 30.6 Å². The second-order valence-corrected chi connectivity index (χ2v) is 13.0. The third-order valence-electron chi connectivity index (χ3n) is 8.76. The van der Waals surface area contributed by atoms with Crippen molar-refractivity contribution in [3.05, 3.63) is 71.5 Å². The maximum atomic E-state index is 12.9. The Hall–Kier alpha value is -4.04. The molecule has 1 radical (unpaired) electrons. The largest absolute Gasteiger partial charge is 3.00 e. The van der Waals surface area contributed by atoms with Crippen LogP contribution in [0.5, 0.6) is 5.75 Å². The number of aliphatic carboxylic acids is 3. The van der Waals surface area contributed by atoms with Gasteiger partial charge >= 0.3 is 39.9 Å². The van der Waals surface area contributed by atoms with Crippen LogP contribution in [0.1, 0.15) is 23.2 Å². The first-order chi connectivity index (χ1) is 26.0. The van der Waals surface area contributed by atoms with Crippen molar-refractivity contribution < 1.29 is 79.2 Å². The number of nitrogens with zero attached hydrogens (tertiary/aromatic N) is 7. The molecule has 1 amide bonds. The average Bonchev–Trinajstić information content (AvgIpc) is 3.60. The molecule has 0 saturated carbocycles. The number of carboxylic acid groups (broad SMARTS) is 3. The van der Waals surface area contributed by atoms with Crippen LogP contribution in [0, 0.1) is 39.9 Å². The number of rotatable bonds is 18. The molecule has 1 aliphatic rings. The summed E-state index contributed by atoms with van der Waals surface area (Å²) >= 11 is 0. The van der Waals surface area contributed by atoms with Crippen molar-refractivity contribution in [3.8, 4) is 5.75 Å². The van der Waals surface area contributed by atoms with E-state index in [9.17, 15) is 34.5 Å². The first kappa shape index (κ1) is 45.4. The topological polar surface area (TPSA) is 214 Å². The van der Waals surface area contributed by atoms with Crippen LogP contribution < -0.4 is 30.7 Å². The van der Waals surface area contributed by atoms with E-state index in [0.717, 1.165) is 16.8 Å². The van der Waals surface area contributed by atoms with Crippen molar-refractivity contribution in [1.29, 1.82) is 0 Å². The summed E-state index contributed by atoms with van der Waals surface area (Å²) in [7, 11) is 1.89. The zero-order valence-corrected chi connectivity index (χ0v) is 33.2. The third kappa shape index (κ3) is 18.0. The van der Waals surface area contributed by atoms with Crippen LogP contribution in [0.25, 0.3) is 12.2 Å². The Morgan fingerprint density at radius 2 is 1.16 bits per heavy atom. The van der Waals surface area contributed by atoms with Crippen molar-refractivity contribution >= 4 is 41.7 Å². The third-order valence-corrected chi connectivity index (χ3v) is 8.76. The molecule has 18 heteroatoms. The maximum Gasteiger partial charge on any atom is 3.00 e. The van der Waals surface area contributed by atoms with Crippen LogP contribution in [0.2, 0.25) is 0 Å². The predicted octanol–water partition coefficient (Wildman–Crippen LogP) is -2.95. The molecule has 1 fully saturated rings. The summed E-state index contributed by atoms with van der Waals surface area (Å²) in [6.45, 7) is 2.16. The molecule has 0 bridgehead atoms. The minimum atomic E-state index is -1.29. The van der Waals surface area contributed by atoms with Gasteiger partial charge in [-0.1, -0.05) is 41.6 Å². The van der Waals surface area contributed by atoms with Crippen LogP contribution in [0.4, 0.5) is 5.69 Å². The standard InChI is InChI=1S/C37H51N9O8.Gd/c1-38-31-9-5-29(6-10-31)3-4-30-7-11-33(12-8-30)54-28-32-23-46(41-40-32)14-2-13-39-34(47)24-42-15-17-43(25-35(48)49)19-21-45(27-37(52)53)22-20-44(18-16-42)26-36(50)51;/h3-12,23,38H,2,13-22,24-28H2,1H3,(H,39,47)(H,48,49)(H,50,51)(H,52,53);/q;+3/p-3/b4-3+;. The number of aryl methyl sites for hydroxylation is 1. The number of anilines is 1. The summed E-state index contributed by atoms with van der Waals surface area (Å²) < 4.78 is 7.57. The number of nitrogens with one attached hydrogen (secondary N) is 2. The number of aromatic nitrogens is 3. The minimum Gasteiger partial charge on any atom is -0.549 e. The fraction of sp³-hybridized carbons (Fsp3) is 0.459. The van der Waals surface area contributed by atoms with Crippen LogP contribution in [0.3, 0.4) is 0 Å². The van der Waals surface area contributed by atoms with Crippen molar-refractivity contribution in [3.63, 3.8) is 0 Å². The summed E-state index contributed by atoms with van der Waals surface area (Å²) in [5.41, 5.74) is 3.87. The van der Waals surface area contributed by atoms with Crippen LogP contribution in [-0.4, -0.2) is 151 Å². The van der Waals surface area contributed by atoms with E-state index in [2.05, 4.69) is 27.0 Å². The van der Waals surface area contributed by atoms with Gasteiger partial charge in [0, 0.05) is 97.8 Å². The number of ether oxygens (including phenoxy) is 1. The van der Waals surface area contributed by atoms with Gasteiger partial charge < -0.3 is 45.1 Å². The Morgan fingerprint density at radius 3 is 1.62 bits per heavy atom. The molecule has 1 aliphatic heterocycles. The molecule has 0 unspecified atom stereocenters. The van der Waals surface area contributed by atoms with Crippen molar-refractivity contribution in [2.75, 3.05) is 97.4 Å². The molecule has 3 aromatic rings. The van der Waals surface area contributed by atoms with Crippen LogP contribution >= 0.6 is 0 Å². The Morgan fingerprint density at radius 1 is 0.709 bits per heavy atom. The van der Waals surface area contributed by atoms with Gasteiger partial charge in [-0.05, 0) is 41.8 Å². The van der Waals surface area contributed by atoms with Gasteiger partial charge in [-0.15, -0.1) is 5.10 Å². The van der Waals surface area contributed by atoms with E-state index in [1.54, 1.807) is 25.6 Å². The van der Waals surface area contributed by atoms with Crippen molar-refractivity contribution in [2.45, 2.75) is 19.6 Å². The van der Waals surface area contributed by atoms with E-state index in [-0.39, 0.29) is 118 Å². The van der Waals surface area contributed by atoms with E-state index >= 15 is 0 Å². The number of benzene rings is 2. The zero-order valence-electron chi connectivity index (χ0n) is 30.9. The van der Waals surface area contributed by atoms with E-state index in [1.807, 2.05) is 66.6 Å². The first-order valence-electron chi connectivity index (χ1n) is 17.9. The van der Waals surface area contributed by atoms with Gasteiger partial charge in [0.1, 0.15) is 18.1 Å². The Labute approximate surface area is 353 Å². The minimum absolute atomic E-state index is 0. The fourth-order valence-corrected chi connectivity index (χ4v) is 5.79. The van der Waals surface area contributed by atoms with E-state index < -0.39 is 17.9 Å². The summed E-state index contributed by atoms with van der Waals surface area (Å²) in [4.78, 5) is 53.6. The second-order valence-electron chi connectivity index (χ2n) is 13.0. The number of carboxylic acids is 3. The molecule has 0 atom stereocenters. The summed E-state index contributed by atoms with van der Waals surface area (Å²) in [6, 6.07) is 15.9. The Kier molecular flexibility index (Phi) is 20.2. The summed E-state index contributed by atoms with van der Waals surface area (Å²) in [5, 5.41) is 48.4. The fourth-order valence-electron chi connectivity index (χ4n) is 5.79. The van der Waals surface area contributed by atoms with Gasteiger partial charge in [-0.25, -0.2) is 0 Å². The molecule has 0 aliphatic carbocycles. The molecule has 1 aromatic heterocycles. The van der Waals surface area contributed by atoms with Crippen LogP contribution in [-0.2, 0) is 32.3 Å². The number of amides is 1. The Balaban J connectivity index is 0.00000812. The van der Waals surface area contributed by atoms with Crippen molar-refractivity contribution in [1.82, 2.24) is 39.9 Å². The average molecular weight is 904 g/mol. The quantitative estimate of drug-likeness (QED) is 0.0965. The molecule has 4 rings (SSSR count). The van der Waals surface area contributed by atoms with Gasteiger partial charge in [-0.3, -0.25) is 29.1 Å². The zero-order chi connectivity index (χ0) is 38.7. The monoisotopic (exact) mass is 904 g/mol. The molecule has 55 heavy (non-hydrogen) atoms. The van der Waals surface area contributed by atoms with Gasteiger partial charge in [-0.2, -0.15) is 0 Å². The van der Waals surface area contributed by atoms with Gasteiger partial charge in [0.15, 0.2) is 0 Å². The molecule has 2 aromatic carbocycles. The molecular formula is C37H48GdN9O8. The summed E-state index contributed by atoms with van der Waals surface area (Å²) in [6.07, 6.45) is 6.47. The normalized spacial score (nSPS) is 15.4. The number of hydrogen-bond donors (Lipinski definition) is 2. The van der Waals surface area contributed by atoms with Crippen LogP contribution in [0.15, 0.2) is 54.7 Å². The first-order valence-corrected chi connectivity index (χ1v) is 17.9. The molecular weight excluding hydrogens is 856 g/mol. The Bertz CT molecular complexity index is 1640. The number of carbonyl (C=O) groups excluding carboxylic acids is 4. The predicted molar refractivity (Wildman–Crippen MR) is 194 cm³/mol. The molecule has 2 N–H and O–H groups in total. The SMILES string of the molecule is CNc1ccc(/C=C/c2ccc(OCc3cn(CCCNC(=O)CN4CCN(CC(=O)[O-])CCN(CC(=O)[O-])CCN(CC(=O)[O-])CC4)nn3)cc2)cc1.[Gd+3]. The van der Waals surface area contributed by atoms with Gasteiger partial charge in [0.2, 0.25) is 5.91 Å². The van der Waals surface area contributed by atoms with E-state index in [1.165, 1.54) is 0 Å².